The standard InChI is InChI=1S/C14H30N2/c1-5-7-12(2)11-15-13-8-6-9-14(10-13)16(3)4/h12-15H,5-11H2,1-4H3. The molecule has 16 heavy (non-hydrogen) atoms. The van der Waals surface area contributed by atoms with Crippen LogP contribution >= 0.6 is 0 Å². The number of rotatable bonds is 6. The van der Waals surface area contributed by atoms with Crippen molar-refractivity contribution in [1.82, 2.24) is 10.2 Å². The predicted molar refractivity (Wildman–Crippen MR) is 71.8 cm³/mol. The number of hydrogen-bond donors (Lipinski definition) is 1. The lowest BCUT2D eigenvalue weighted by atomic mass is 9.90. The summed E-state index contributed by atoms with van der Waals surface area (Å²) >= 11 is 0. The number of hydrogen-bond acceptors (Lipinski definition) is 2. The maximum atomic E-state index is 3.76. The largest absolute Gasteiger partial charge is 0.314 e. The lowest BCUT2D eigenvalue weighted by Gasteiger charge is -2.34. The SMILES string of the molecule is CCCC(C)CNC1CCCC(N(C)C)C1. The predicted octanol–water partition coefficient (Wildman–Crippen LogP) is 2.89. The van der Waals surface area contributed by atoms with Crippen LogP contribution in [0.3, 0.4) is 0 Å². The van der Waals surface area contributed by atoms with E-state index in [1.54, 1.807) is 0 Å². The van der Waals surface area contributed by atoms with Crippen molar-refractivity contribution in [2.75, 3.05) is 20.6 Å². The first-order valence-electron chi connectivity index (χ1n) is 7.03. The van der Waals surface area contributed by atoms with Crippen LogP contribution in [0.4, 0.5) is 0 Å². The Hall–Kier alpha value is -0.0800. The molecule has 0 aromatic rings. The Kier molecular flexibility index (Phi) is 6.37. The second kappa shape index (κ2) is 7.29. The molecular weight excluding hydrogens is 196 g/mol. The summed E-state index contributed by atoms with van der Waals surface area (Å²) in [4.78, 5) is 2.39. The van der Waals surface area contributed by atoms with Crippen molar-refractivity contribution in [3.63, 3.8) is 0 Å². The van der Waals surface area contributed by atoms with Gasteiger partial charge in [-0.15, -0.1) is 0 Å². The third kappa shape index (κ3) is 4.84. The molecule has 0 aliphatic heterocycles. The van der Waals surface area contributed by atoms with Crippen LogP contribution in [0.25, 0.3) is 0 Å². The molecule has 1 saturated carbocycles. The average molecular weight is 226 g/mol. The van der Waals surface area contributed by atoms with Gasteiger partial charge in [0.2, 0.25) is 0 Å². The maximum Gasteiger partial charge on any atom is 0.0104 e. The Labute approximate surface area is 102 Å². The molecule has 0 saturated heterocycles. The summed E-state index contributed by atoms with van der Waals surface area (Å²) in [6.45, 7) is 5.85. The first kappa shape index (κ1) is 14.0. The lowest BCUT2D eigenvalue weighted by Crippen LogP contribution is -2.42. The van der Waals surface area contributed by atoms with Crippen molar-refractivity contribution in [1.29, 1.82) is 0 Å². The zero-order valence-corrected chi connectivity index (χ0v) is 11.6. The van der Waals surface area contributed by atoms with Gasteiger partial charge in [0.05, 0.1) is 0 Å². The molecule has 2 nitrogen and oxygen atoms in total. The van der Waals surface area contributed by atoms with Crippen molar-refractivity contribution in [2.45, 2.75) is 64.5 Å². The fourth-order valence-electron chi connectivity index (χ4n) is 2.78. The zero-order valence-electron chi connectivity index (χ0n) is 11.6. The van der Waals surface area contributed by atoms with E-state index >= 15 is 0 Å². The smallest absolute Gasteiger partial charge is 0.0104 e. The second-order valence-electron chi connectivity index (χ2n) is 5.78. The van der Waals surface area contributed by atoms with Gasteiger partial charge in [-0.05, 0) is 52.2 Å². The van der Waals surface area contributed by atoms with Crippen LogP contribution in [-0.4, -0.2) is 37.6 Å². The van der Waals surface area contributed by atoms with E-state index in [1.807, 2.05) is 0 Å². The van der Waals surface area contributed by atoms with E-state index in [0.29, 0.717) is 0 Å². The summed E-state index contributed by atoms with van der Waals surface area (Å²) in [5.41, 5.74) is 0. The minimum absolute atomic E-state index is 0.764. The number of nitrogens with zero attached hydrogens (tertiary/aromatic N) is 1. The normalized spacial score (nSPS) is 28.3. The third-order valence-electron chi connectivity index (χ3n) is 3.91. The highest BCUT2D eigenvalue weighted by atomic mass is 15.1. The molecule has 0 aromatic carbocycles. The van der Waals surface area contributed by atoms with Crippen molar-refractivity contribution < 1.29 is 0 Å². The van der Waals surface area contributed by atoms with E-state index in [1.165, 1.54) is 45.1 Å². The molecule has 0 aromatic heterocycles. The molecular formula is C14H30N2. The van der Waals surface area contributed by atoms with E-state index in [2.05, 4.69) is 38.2 Å². The topological polar surface area (TPSA) is 15.3 Å². The molecule has 0 bridgehead atoms. The number of nitrogens with one attached hydrogen (secondary N) is 1. The van der Waals surface area contributed by atoms with E-state index < -0.39 is 0 Å². The molecule has 1 fully saturated rings. The van der Waals surface area contributed by atoms with Crippen LogP contribution in [0, 0.1) is 5.92 Å². The van der Waals surface area contributed by atoms with Gasteiger partial charge in [0, 0.05) is 12.1 Å². The van der Waals surface area contributed by atoms with Crippen LogP contribution in [0.5, 0.6) is 0 Å². The van der Waals surface area contributed by atoms with Gasteiger partial charge in [0.1, 0.15) is 0 Å². The quantitative estimate of drug-likeness (QED) is 0.749. The zero-order chi connectivity index (χ0) is 12.0. The second-order valence-corrected chi connectivity index (χ2v) is 5.78. The summed E-state index contributed by atoms with van der Waals surface area (Å²) in [7, 11) is 4.43. The summed E-state index contributed by atoms with van der Waals surface area (Å²) in [6, 6.07) is 1.56. The van der Waals surface area contributed by atoms with Crippen molar-refractivity contribution in [3.05, 3.63) is 0 Å². The highest BCUT2D eigenvalue weighted by Crippen LogP contribution is 2.21. The monoisotopic (exact) mass is 226 g/mol. The highest BCUT2D eigenvalue weighted by Gasteiger charge is 2.22. The third-order valence-corrected chi connectivity index (χ3v) is 3.91. The van der Waals surface area contributed by atoms with Gasteiger partial charge in [-0.1, -0.05) is 26.7 Å². The van der Waals surface area contributed by atoms with Crippen molar-refractivity contribution in [3.8, 4) is 0 Å². The molecule has 96 valence electrons. The Morgan fingerprint density at radius 2 is 2.06 bits per heavy atom. The first-order valence-corrected chi connectivity index (χ1v) is 7.03. The molecule has 3 unspecified atom stereocenters. The fraction of sp³-hybridized carbons (Fsp3) is 1.00. The molecule has 1 aliphatic rings. The van der Waals surface area contributed by atoms with Crippen LogP contribution < -0.4 is 5.32 Å². The van der Waals surface area contributed by atoms with Crippen LogP contribution in [0.2, 0.25) is 0 Å². The Bertz CT molecular complexity index is 180. The Balaban J connectivity index is 2.21. The Morgan fingerprint density at radius 3 is 2.69 bits per heavy atom. The Morgan fingerprint density at radius 1 is 1.31 bits per heavy atom. The van der Waals surface area contributed by atoms with Crippen molar-refractivity contribution >= 4 is 0 Å². The van der Waals surface area contributed by atoms with Gasteiger partial charge in [0.25, 0.3) is 0 Å². The van der Waals surface area contributed by atoms with E-state index in [9.17, 15) is 0 Å². The van der Waals surface area contributed by atoms with Gasteiger partial charge in [-0.2, -0.15) is 0 Å². The maximum absolute atomic E-state index is 3.76. The summed E-state index contributed by atoms with van der Waals surface area (Å²) in [6.07, 6.45) is 8.16. The van der Waals surface area contributed by atoms with E-state index in [4.69, 9.17) is 0 Å². The summed E-state index contributed by atoms with van der Waals surface area (Å²) < 4.78 is 0. The molecule has 2 heteroatoms. The molecule has 0 spiro atoms. The molecule has 0 radical (unpaired) electrons. The fourth-order valence-corrected chi connectivity index (χ4v) is 2.78. The minimum atomic E-state index is 0.764. The molecule has 3 atom stereocenters. The molecule has 0 heterocycles. The molecule has 0 amide bonds. The van der Waals surface area contributed by atoms with E-state index in [-0.39, 0.29) is 0 Å². The molecule has 1 aliphatic carbocycles. The van der Waals surface area contributed by atoms with Gasteiger partial charge in [0.15, 0.2) is 0 Å². The summed E-state index contributed by atoms with van der Waals surface area (Å²) in [5, 5.41) is 3.76. The van der Waals surface area contributed by atoms with Gasteiger partial charge in [-0.3, -0.25) is 0 Å². The highest BCUT2D eigenvalue weighted by molar-refractivity contribution is 4.82. The van der Waals surface area contributed by atoms with Gasteiger partial charge >= 0.3 is 0 Å². The van der Waals surface area contributed by atoms with Crippen LogP contribution in [-0.2, 0) is 0 Å². The van der Waals surface area contributed by atoms with Crippen LogP contribution in [0.15, 0.2) is 0 Å². The summed E-state index contributed by atoms with van der Waals surface area (Å²) in [5.74, 6) is 0.838. The van der Waals surface area contributed by atoms with Crippen molar-refractivity contribution in [2.24, 2.45) is 5.92 Å². The lowest BCUT2D eigenvalue weighted by molar-refractivity contribution is 0.195. The first-order chi connectivity index (χ1) is 7.63. The molecule has 1 N–H and O–H groups in total. The minimum Gasteiger partial charge on any atom is -0.314 e. The van der Waals surface area contributed by atoms with E-state index in [0.717, 1.165) is 18.0 Å². The van der Waals surface area contributed by atoms with Gasteiger partial charge < -0.3 is 10.2 Å². The average Bonchev–Trinajstić information content (AvgIpc) is 2.27. The van der Waals surface area contributed by atoms with Gasteiger partial charge in [-0.25, -0.2) is 0 Å². The van der Waals surface area contributed by atoms with Crippen LogP contribution in [0.1, 0.15) is 52.4 Å². The molecule has 1 rings (SSSR count).